The lowest BCUT2D eigenvalue weighted by Crippen LogP contribution is -2.27. The first kappa shape index (κ1) is 23.8. The van der Waals surface area contributed by atoms with Crippen LogP contribution in [-0.4, -0.2) is 60.5 Å². The number of amides is 3. The van der Waals surface area contributed by atoms with E-state index in [2.05, 4.69) is 16.0 Å². The van der Waals surface area contributed by atoms with Crippen molar-refractivity contribution in [3.63, 3.8) is 0 Å². The van der Waals surface area contributed by atoms with Gasteiger partial charge in [0.15, 0.2) is 0 Å². The standard InChI is InChI=1S/C22H30N4O5/c1-26(2)19-10-7-15(13-17(19)21(27)23-11-6-12-29-3)24-22(28)25-18-9-8-16(30-4)14-20(18)31-5/h7-10,13-14H,6,11-12H2,1-5H3,(H,23,27)(H2,24,25,28). The normalized spacial score (nSPS) is 10.2. The molecule has 0 fully saturated rings. The number of anilines is 3. The summed E-state index contributed by atoms with van der Waals surface area (Å²) in [5, 5.41) is 8.37. The van der Waals surface area contributed by atoms with Crippen LogP contribution in [0.15, 0.2) is 36.4 Å². The van der Waals surface area contributed by atoms with Gasteiger partial charge in [-0.05, 0) is 36.8 Å². The van der Waals surface area contributed by atoms with Gasteiger partial charge in [0, 0.05) is 51.8 Å². The molecule has 0 saturated carbocycles. The van der Waals surface area contributed by atoms with Gasteiger partial charge in [0.2, 0.25) is 0 Å². The summed E-state index contributed by atoms with van der Waals surface area (Å²) in [6.45, 7) is 1.06. The maximum Gasteiger partial charge on any atom is 0.323 e. The van der Waals surface area contributed by atoms with Gasteiger partial charge in [0.25, 0.3) is 5.91 Å². The van der Waals surface area contributed by atoms with E-state index in [4.69, 9.17) is 14.2 Å². The Bertz CT molecular complexity index is 901. The number of hydrogen-bond acceptors (Lipinski definition) is 6. The molecule has 0 aliphatic carbocycles. The zero-order valence-corrected chi connectivity index (χ0v) is 18.6. The Labute approximate surface area is 182 Å². The van der Waals surface area contributed by atoms with Crippen molar-refractivity contribution in [1.29, 1.82) is 0 Å². The molecule has 9 heteroatoms. The van der Waals surface area contributed by atoms with Crippen molar-refractivity contribution in [3.05, 3.63) is 42.0 Å². The summed E-state index contributed by atoms with van der Waals surface area (Å²) < 4.78 is 15.5. The second-order valence-electron chi connectivity index (χ2n) is 6.87. The summed E-state index contributed by atoms with van der Waals surface area (Å²) in [4.78, 5) is 27.0. The highest BCUT2D eigenvalue weighted by molar-refractivity contribution is 6.04. The minimum Gasteiger partial charge on any atom is -0.497 e. The first-order valence-electron chi connectivity index (χ1n) is 9.78. The van der Waals surface area contributed by atoms with E-state index in [0.717, 1.165) is 5.69 Å². The van der Waals surface area contributed by atoms with Crippen LogP contribution in [0.3, 0.4) is 0 Å². The van der Waals surface area contributed by atoms with Crippen molar-refractivity contribution in [2.45, 2.75) is 6.42 Å². The van der Waals surface area contributed by atoms with Gasteiger partial charge < -0.3 is 35.1 Å². The molecule has 0 aliphatic heterocycles. The van der Waals surface area contributed by atoms with E-state index < -0.39 is 6.03 Å². The molecule has 0 unspecified atom stereocenters. The third kappa shape index (κ3) is 6.78. The first-order valence-corrected chi connectivity index (χ1v) is 9.78. The molecule has 0 heterocycles. The highest BCUT2D eigenvalue weighted by Gasteiger charge is 2.15. The summed E-state index contributed by atoms with van der Waals surface area (Å²) in [6.07, 6.45) is 0.712. The van der Waals surface area contributed by atoms with Crippen LogP contribution in [-0.2, 0) is 4.74 Å². The highest BCUT2D eigenvalue weighted by Crippen LogP contribution is 2.29. The number of nitrogens with zero attached hydrogens (tertiary/aromatic N) is 1. The van der Waals surface area contributed by atoms with E-state index in [1.165, 1.54) is 7.11 Å². The van der Waals surface area contributed by atoms with E-state index in [1.54, 1.807) is 50.6 Å². The molecule has 0 spiro atoms. The summed E-state index contributed by atoms with van der Waals surface area (Å²) in [5.41, 5.74) is 2.17. The van der Waals surface area contributed by atoms with E-state index in [1.807, 2.05) is 19.0 Å². The average Bonchev–Trinajstić information content (AvgIpc) is 2.76. The maximum atomic E-state index is 12.7. The van der Waals surface area contributed by atoms with Crippen LogP contribution in [0.2, 0.25) is 0 Å². The SMILES string of the molecule is COCCCNC(=O)c1cc(NC(=O)Nc2ccc(OC)cc2OC)ccc1N(C)C. The lowest BCUT2D eigenvalue weighted by molar-refractivity contribution is 0.0949. The Kier molecular flexibility index (Phi) is 8.95. The van der Waals surface area contributed by atoms with Crippen molar-refractivity contribution < 1.29 is 23.8 Å². The molecule has 0 radical (unpaired) electrons. The Morgan fingerprint density at radius 3 is 2.39 bits per heavy atom. The largest absolute Gasteiger partial charge is 0.497 e. The summed E-state index contributed by atoms with van der Waals surface area (Å²) in [5.74, 6) is 0.859. The number of carbonyl (C=O) groups excluding carboxylic acids is 2. The molecule has 168 valence electrons. The maximum absolute atomic E-state index is 12.7. The van der Waals surface area contributed by atoms with Gasteiger partial charge in [-0.3, -0.25) is 4.79 Å². The smallest absolute Gasteiger partial charge is 0.323 e. The van der Waals surface area contributed by atoms with E-state index in [-0.39, 0.29) is 5.91 Å². The van der Waals surface area contributed by atoms with Crippen LogP contribution in [0.25, 0.3) is 0 Å². The van der Waals surface area contributed by atoms with Crippen molar-refractivity contribution in [1.82, 2.24) is 5.32 Å². The Balaban J connectivity index is 2.14. The molecule has 2 aromatic rings. The second-order valence-corrected chi connectivity index (χ2v) is 6.87. The predicted molar refractivity (Wildman–Crippen MR) is 122 cm³/mol. The fourth-order valence-electron chi connectivity index (χ4n) is 2.89. The summed E-state index contributed by atoms with van der Waals surface area (Å²) in [6, 6.07) is 9.78. The van der Waals surface area contributed by atoms with Crippen molar-refractivity contribution >= 4 is 29.0 Å². The molecule has 0 aliphatic rings. The van der Waals surface area contributed by atoms with Crippen molar-refractivity contribution in [2.75, 3.05) is 64.1 Å². The molecule has 0 atom stereocenters. The van der Waals surface area contributed by atoms with Crippen molar-refractivity contribution in [3.8, 4) is 11.5 Å². The molecule has 2 aromatic carbocycles. The lowest BCUT2D eigenvalue weighted by Gasteiger charge is -2.19. The third-order valence-electron chi connectivity index (χ3n) is 4.45. The van der Waals surface area contributed by atoms with Crippen LogP contribution in [0.4, 0.5) is 21.9 Å². The van der Waals surface area contributed by atoms with Crippen LogP contribution < -0.4 is 30.3 Å². The van der Waals surface area contributed by atoms with Gasteiger partial charge >= 0.3 is 6.03 Å². The second kappa shape index (κ2) is 11.7. The summed E-state index contributed by atoms with van der Waals surface area (Å²) >= 11 is 0. The van der Waals surface area contributed by atoms with Crippen LogP contribution in [0.5, 0.6) is 11.5 Å². The van der Waals surface area contributed by atoms with Gasteiger partial charge in [0.05, 0.1) is 25.5 Å². The fourth-order valence-corrected chi connectivity index (χ4v) is 2.89. The number of hydrogen-bond donors (Lipinski definition) is 3. The van der Waals surface area contributed by atoms with E-state index >= 15 is 0 Å². The number of rotatable bonds is 10. The van der Waals surface area contributed by atoms with Gasteiger partial charge in [0.1, 0.15) is 11.5 Å². The number of urea groups is 1. The van der Waals surface area contributed by atoms with Gasteiger partial charge in [-0.1, -0.05) is 0 Å². The molecule has 0 saturated heterocycles. The monoisotopic (exact) mass is 430 g/mol. The topological polar surface area (TPSA) is 101 Å². The Morgan fingerprint density at radius 1 is 0.968 bits per heavy atom. The quantitative estimate of drug-likeness (QED) is 0.501. The molecular formula is C22H30N4O5. The molecule has 31 heavy (non-hydrogen) atoms. The highest BCUT2D eigenvalue weighted by atomic mass is 16.5. The molecule has 3 amide bonds. The Hall–Kier alpha value is -3.46. The number of ether oxygens (including phenoxy) is 3. The van der Waals surface area contributed by atoms with E-state index in [9.17, 15) is 9.59 Å². The van der Waals surface area contributed by atoms with Gasteiger partial charge in [-0.15, -0.1) is 0 Å². The first-order chi connectivity index (χ1) is 14.9. The van der Waals surface area contributed by atoms with Crippen molar-refractivity contribution in [2.24, 2.45) is 0 Å². The number of methoxy groups -OCH3 is 3. The zero-order chi connectivity index (χ0) is 22.8. The molecular weight excluding hydrogens is 400 g/mol. The predicted octanol–water partition coefficient (Wildman–Crippen LogP) is 3.18. The third-order valence-corrected chi connectivity index (χ3v) is 4.45. The van der Waals surface area contributed by atoms with Crippen LogP contribution in [0, 0.1) is 0 Å². The number of nitrogens with one attached hydrogen (secondary N) is 3. The zero-order valence-electron chi connectivity index (χ0n) is 18.6. The van der Waals surface area contributed by atoms with Gasteiger partial charge in [-0.2, -0.15) is 0 Å². The van der Waals surface area contributed by atoms with E-state index in [0.29, 0.717) is 48.0 Å². The minimum atomic E-state index is -0.465. The molecule has 0 bridgehead atoms. The van der Waals surface area contributed by atoms with Gasteiger partial charge in [-0.25, -0.2) is 4.79 Å². The minimum absolute atomic E-state index is 0.222. The Morgan fingerprint density at radius 2 is 1.74 bits per heavy atom. The fraction of sp³-hybridized carbons (Fsp3) is 0.364. The van der Waals surface area contributed by atoms with Crippen LogP contribution in [0.1, 0.15) is 16.8 Å². The molecule has 3 N–H and O–H groups in total. The molecule has 9 nitrogen and oxygen atoms in total. The average molecular weight is 431 g/mol. The number of carbonyl (C=O) groups is 2. The van der Waals surface area contributed by atoms with Crippen LogP contribution >= 0.6 is 0 Å². The molecule has 0 aromatic heterocycles. The lowest BCUT2D eigenvalue weighted by atomic mass is 10.1. The molecule has 2 rings (SSSR count). The number of benzene rings is 2. The summed E-state index contributed by atoms with van der Waals surface area (Å²) in [7, 11) is 8.39.